The van der Waals surface area contributed by atoms with E-state index in [1.807, 2.05) is 36.7 Å². The molecule has 0 aliphatic carbocycles. The maximum Gasteiger partial charge on any atom is 0.195 e. The van der Waals surface area contributed by atoms with Gasteiger partial charge in [-0.3, -0.25) is 0 Å². The Labute approximate surface area is 116 Å². The van der Waals surface area contributed by atoms with Crippen LogP contribution in [0.4, 0.5) is 0 Å². The maximum atomic E-state index is 6.05. The van der Waals surface area contributed by atoms with Gasteiger partial charge < -0.3 is 10.3 Å². The molecule has 18 heavy (non-hydrogen) atoms. The molecule has 1 atom stereocenters. The summed E-state index contributed by atoms with van der Waals surface area (Å²) in [4.78, 5) is 1.08. The molecule has 1 heterocycles. The topological polar surface area (TPSA) is 56.7 Å². The second-order valence-electron chi connectivity index (χ2n) is 4.26. The van der Waals surface area contributed by atoms with Gasteiger partial charge in [-0.1, -0.05) is 17.7 Å². The summed E-state index contributed by atoms with van der Waals surface area (Å²) < 4.78 is 1.88. The van der Waals surface area contributed by atoms with Crippen molar-refractivity contribution in [3.63, 3.8) is 0 Å². The molecule has 0 aliphatic rings. The fourth-order valence-corrected chi connectivity index (χ4v) is 2.78. The van der Waals surface area contributed by atoms with Crippen molar-refractivity contribution in [1.82, 2.24) is 14.8 Å². The van der Waals surface area contributed by atoms with E-state index in [9.17, 15) is 0 Å². The lowest BCUT2D eigenvalue weighted by molar-refractivity contribution is 0.728. The Morgan fingerprint density at radius 2 is 2.28 bits per heavy atom. The standard InChI is InChI=1S/C12H15ClN4S/c1-8(14)5-9-3-4-10(13)6-11(9)18-12-16-15-7-17(12)2/h3-4,6-8H,5,14H2,1-2H3. The number of rotatable bonds is 4. The van der Waals surface area contributed by atoms with Crippen LogP contribution in [0.5, 0.6) is 0 Å². The Morgan fingerprint density at radius 3 is 2.89 bits per heavy atom. The van der Waals surface area contributed by atoms with Crippen LogP contribution in [0, 0.1) is 0 Å². The first kappa shape index (κ1) is 13.4. The number of nitrogens with two attached hydrogens (primary N) is 1. The van der Waals surface area contributed by atoms with Crippen molar-refractivity contribution < 1.29 is 0 Å². The van der Waals surface area contributed by atoms with Gasteiger partial charge in [-0.25, -0.2) is 0 Å². The van der Waals surface area contributed by atoms with Crippen molar-refractivity contribution in [3.8, 4) is 0 Å². The van der Waals surface area contributed by atoms with Gasteiger partial charge in [-0.15, -0.1) is 10.2 Å². The lowest BCUT2D eigenvalue weighted by Crippen LogP contribution is -2.18. The van der Waals surface area contributed by atoms with Gasteiger partial charge in [0.05, 0.1) is 0 Å². The minimum absolute atomic E-state index is 0.116. The van der Waals surface area contributed by atoms with E-state index in [1.54, 1.807) is 18.1 Å². The fourth-order valence-electron chi connectivity index (χ4n) is 1.60. The molecule has 0 radical (unpaired) electrons. The first-order valence-electron chi connectivity index (χ1n) is 5.62. The monoisotopic (exact) mass is 282 g/mol. The molecule has 96 valence electrons. The van der Waals surface area contributed by atoms with Crippen LogP contribution in [-0.2, 0) is 13.5 Å². The summed E-state index contributed by atoms with van der Waals surface area (Å²) >= 11 is 7.60. The van der Waals surface area contributed by atoms with Gasteiger partial charge in [-0.05, 0) is 42.8 Å². The van der Waals surface area contributed by atoms with E-state index in [4.69, 9.17) is 17.3 Å². The number of hydrogen-bond acceptors (Lipinski definition) is 4. The minimum Gasteiger partial charge on any atom is -0.328 e. The molecule has 2 rings (SSSR count). The van der Waals surface area contributed by atoms with Crippen molar-refractivity contribution in [2.24, 2.45) is 12.8 Å². The lowest BCUT2D eigenvalue weighted by atomic mass is 10.1. The van der Waals surface area contributed by atoms with Crippen LogP contribution >= 0.6 is 23.4 Å². The number of nitrogens with zero attached hydrogens (tertiary/aromatic N) is 3. The van der Waals surface area contributed by atoms with E-state index >= 15 is 0 Å². The number of benzene rings is 1. The van der Waals surface area contributed by atoms with E-state index in [-0.39, 0.29) is 6.04 Å². The summed E-state index contributed by atoms with van der Waals surface area (Å²) in [5.41, 5.74) is 7.04. The predicted octanol–water partition coefficient (Wildman–Crippen LogP) is 2.51. The molecule has 2 N–H and O–H groups in total. The number of halogens is 1. The molecule has 1 aromatic carbocycles. The first-order chi connectivity index (χ1) is 8.56. The quantitative estimate of drug-likeness (QED) is 0.936. The highest BCUT2D eigenvalue weighted by atomic mass is 35.5. The molecular formula is C12H15ClN4S. The van der Waals surface area contributed by atoms with Gasteiger partial charge >= 0.3 is 0 Å². The molecule has 1 aromatic heterocycles. The van der Waals surface area contributed by atoms with Crippen molar-refractivity contribution in [3.05, 3.63) is 35.1 Å². The summed E-state index contributed by atoms with van der Waals surface area (Å²) in [6.45, 7) is 1.99. The third kappa shape index (κ3) is 3.25. The first-order valence-corrected chi connectivity index (χ1v) is 6.81. The van der Waals surface area contributed by atoms with Gasteiger partial charge in [0.2, 0.25) is 0 Å². The molecule has 0 saturated heterocycles. The van der Waals surface area contributed by atoms with Crippen LogP contribution in [0.25, 0.3) is 0 Å². The Balaban J connectivity index is 2.30. The molecule has 6 heteroatoms. The highest BCUT2D eigenvalue weighted by molar-refractivity contribution is 7.99. The Bertz CT molecular complexity index is 539. The van der Waals surface area contributed by atoms with Crippen molar-refractivity contribution in [2.45, 2.75) is 29.4 Å². The number of aryl methyl sites for hydroxylation is 1. The summed E-state index contributed by atoms with van der Waals surface area (Å²) in [5.74, 6) is 0. The highest BCUT2D eigenvalue weighted by Crippen LogP contribution is 2.31. The SMILES string of the molecule is CC(N)Cc1ccc(Cl)cc1Sc1nncn1C. The van der Waals surface area contributed by atoms with Gasteiger partial charge in [0.15, 0.2) is 5.16 Å². The maximum absolute atomic E-state index is 6.05. The average molecular weight is 283 g/mol. The molecule has 0 saturated carbocycles. The van der Waals surface area contributed by atoms with E-state index in [0.29, 0.717) is 5.02 Å². The summed E-state index contributed by atoms with van der Waals surface area (Å²) in [5, 5.41) is 9.48. The molecule has 4 nitrogen and oxygen atoms in total. The zero-order valence-electron chi connectivity index (χ0n) is 10.3. The smallest absolute Gasteiger partial charge is 0.195 e. The molecule has 1 unspecified atom stereocenters. The number of hydrogen-bond donors (Lipinski definition) is 1. The largest absolute Gasteiger partial charge is 0.328 e. The molecule has 2 aromatic rings. The fraction of sp³-hybridized carbons (Fsp3) is 0.333. The van der Waals surface area contributed by atoms with Crippen LogP contribution in [-0.4, -0.2) is 20.8 Å². The minimum atomic E-state index is 0.116. The normalized spacial score (nSPS) is 12.7. The van der Waals surface area contributed by atoms with Gasteiger partial charge in [0, 0.05) is 23.0 Å². The van der Waals surface area contributed by atoms with E-state index in [0.717, 1.165) is 16.5 Å². The molecular weight excluding hydrogens is 268 g/mol. The third-order valence-corrected chi connectivity index (χ3v) is 3.83. The molecule has 0 amide bonds. The zero-order valence-corrected chi connectivity index (χ0v) is 11.9. The van der Waals surface area contributed by atoms with E-state index < -0.39 is 0 Å². The average Bonchev–Trinajstić information content (AvgIpc) is 2.68. The zero-order chi connectivity index (χ0) is 13.1. The van der Waals surface area contributed by atoms with Gasteiger partial charge in [0.1, 0.15) is 6.33 Å². The van der Waals surface area contributed by atoms with E-state index in [2.05, 4.69) is 10.2 Å². The van der Waals surface area contributed by atoms with Crippen LogP contribution in [0.1, 0.15) is 12.5 Å². The summed E-state index contributed by atoms with van der Waals surface area (Å²) in [6, 6.07) is 5.97. The molecule has 0 bridgehead atoms. The van der Waals surface area contributed by atoms with Crippen molar-refractivity contribution in [2.75, 3.05) is 0 Å². The summed E-state index contributed by atoms with van der Waals surface area (Å²) in [7, 11) is 1.91. The Morgan fingerprint density at radius 1 is 1.50 bits per heavy atom. The Hall–Kier alpha value is -1.04. The lowest BCUT2D eigenvalue weighted by Gasteiger charge is -2.11. The van der Waals surface area contributed by atoms with E-state index in [1.165, 1.54) is 5.56 Å². The highest BCUT2D eigenvalue weighted by Gasteiger charge is 2.10. The Kier molecular flexibility index (Phi) is 4.27. The molecule has 0 fully saturated rings. The van der Waals surface area contributed by atoms with Crippen LogP contribution in [0.3, 0.4) is 0 Å². The van der Waals surface area contributed by atoms with Gasteiger partial charge in [-0.2, -0.15) is 0 Å². The predicted molar refractivity (Wildman–Crippen MR) is 73.9 cm³/mol. The molecule has 0 aliphatic heterocycles. The molecule has 0 spiro atoms. The number of aromatic nitrogens is 3. The second kappa shape index (κ2) is 5.73. The van der Waals surface area contributed by atoms with Crippen LogP contribution in [0.2, 0.25) is 5.02 Å². The second-order valence-corrected chi connectivity index (χ2v) is 5.71. The third-order valence-electron chi connectivity index (χ3n) is 2.44. The van der Waals surface area contributed by atoms with Crippen molar-refractivity contribution >= 4 is 23.4 Å². The van der Waals surface area contributed by atoms with Crippen LogP contribution < -0.4 is 5.73 Å². The summed E-state index contributed by atoms with van der Waals surface area (Å²) in [6.07, 6.45) is 2.50. The van der Waals surface area contributed by atoms with Gasteiger partial charge in [0.25, 0.3) is 0 Å². The van der Waals surface area contributed by atoms with Crippen molar-refractivity contribution in [1.29, 1.82) is 0 Å². The van der Waals surface area contributed by atoms with Crippen LogP contribution in [0.15, 0.2) is 34.6 Å².